The number of piperidine rings is 1. The highest BCUT2D eigenvalue weighted by Gasteiger charge is 2.23. The van der Waals surface area contributed by atoms with Crippen molar-refractivity contribution in [2.24, 2.45) is 5.92 Å². The Morgan fingerprint density at radius 1 is 1.31 bits per heavy atom. The molecule has 1 unspecified atom stereocenters. The molecule has 1 saturated heterocycles. The van der Waals surface area contributed by atoms with Crippen molar-refractivity contribution in [2.45, 2.75) is 39.2 Å². The van der Waals surface area contributed by atoms with Crippen molar-refractivity contribution in [3.8, 4) is 5.75 Å². The van der Waals surface area contributed by atoms with E-state index in [1.807, 2.05) is 35.0 Å². The molecule has 1 aromatic heterocycles. The summed E-state index contributed by atoms with van der Waals surface area (Å²) in [6.45, 7) is 8.18. The van der Waals surface area contributed by atoms with E-state index in [2.05, 4.69) is 36.0 Å². The molecule has 1 amide bonds. The number of nitrogens with zero attached hydrogens (tertiary/aromatic N) is 4. The molecule has 2 heterocycles. The van der Waals surface area contributed by atoms with Crippen molar-refractivity contribution < 1.29 is 9.53 Å². The van der Waals surface area contributed by atoms with Gasteiger partial charge >= 0.3 is 0 Å². The topological polar surface area (TPSA) is 50.6 Å². The van der Waals surface area contributed by atoms with Crippen LogP contribution >= 0.6 is 0 Å². The summed E-state index contributed by atoms with van der Waals surface area (Å²) in [6.07, 6.45) is 6.95. The lowest BCUT2D eigenvalue weighted by molar-refractivity contribution is 0.0730. The Hall–Kier alpha value is -2.34. The van der Waals surface area contributed by atoms with Gasteiger partial charge in [-0.2, -0.15) is 5.10 Å². The molecule has 0 radical (unpaired) electrons. The standard InChI is InChI=1S/C23H34N4O2/c1-18(2)27-17-21(14-24-27)23(28)25(3)15-20-6-5-12-26(16-20)13-11-19-7-9-22(29-4)10-8-19/h7-10,14,17-18,20H,5-6,11-13,15-16H2,1-4H3. The Morgan fingerprint density at radius 2 is 2.07 bits per heavy atom. The van der Waals surface area contributed by atoms with Gasteiger partial charge in [-0.15, -0.1) is 0 Å². The van der Waals surface area contributed by atoms with Crippen LogP contribution in [-0.2, 0) is 6.42 Å². The van der Waals surface area contributed by atoms with Crippen molar-refractivity contribution in [1.82, 2.24) is 19.6 Å². The smallest absolute Gasteiger partial charge is 0.256 e. The van der Waals surface area contributed by atoms with Crippen LogP contribution in [0.15, 0.2) is 36.7 Å². The molecule has 0 aliphatic carbocycles. The molecule has 1 fully saturated rings. The van der Waals surface area contributed by atoms with E-state index in [1.165, 1.54) is 18.4 Å². The van der Waals surface area contributed by atoms with E-state index in [-0.39, 0.29) is 11.9 Å². The molecule has 1 aliphatic rings. The number of hydrogen-bond donors (Lipinski definition) is 0. The molecule has 0 saturated carbocycles. The minimum Gasteiger partial charge on any atom is -0.497 e. The van der Waals surface area contributed by atoms with E-state index in [9.17, 15) is 4.79 Å². The molecule has 0 spiro atoms. The van der Waals surface area contributed by atoms with E-state index in [0.29, 0.717) is 11.5 Å². The number of amides is 1. The predicted molar refractivity (Wildman–Crippen MR) is 115 cm³/mol. The number of carbonyl (C=O) groups excluding carboxylic acids is 1. The number of methoxy groups -OCH3 is 1. The first-order valence-electron chi connectivity index (χ1n) is 10.6. The van der Waals surface area contributed by atoms with Crippen molar-refractivity contribution in [2.75, 3.05) is 40.3 Å². The molecule has 1 atom stereocenters. The fourth-order valence-corrected chi connectivity index (χ4v) is 4.00. The van der Waals surface area contributed by atoms with Gasteiger partial charge in [0.05, 0.1) is 18.9 Å². The molecule has 0 bridgehead atoms. The third kappa shape index (κ3) is 5.82. The molecule has 1 aliphatic heterocycles. The Kier molecular flexibility index (Phi) is 7.31. The summed E-state index contributed by atoms with van der Waals surface area (Å²) in [5.74, 6) is 1.49. The number of carbonyl (C=O) groups is 1. The largest absolute Gasteiger partial charge is 0.497 e. The van der Waals surface area contributed by atoms with Crippen LogP contribution in [0, 0.1) is 5.92 Å². The highest BCUT2D eigenvalue weighted by atomic mass is 16.5. The van der Waals surface area contributed by atoms with Crippen molar-refractivity contribution in [3.05, 3.63) is 47.8 Å². The second-order valence-electron chi connectivity index (χ2n) is 8.40. The summed E-state index contributed by atoms with van der Waals surface area (Å²) in [4.78, 5) is 17.1. The summed E-state index contributed by atoms with van der Waals surface area (Å²) in [6, 6.07) is 8.60. The number of ether oxygens (including phenoxy) is 1. The van der Waals surface area contributed by atoms with Gasteiger partial charge in [0.2, 0.25) is 0 Å². The molecule has 2 aromatic rings. The number of benzene rings is 1. The highest BCUT2D eigenvalue weighted by Crippen LogP contribution is 2.19. The van der Waals surface area contributed by atoms with Crippen LogP contribution in [-0.4, -0.2) is 65.8 Å². The van der Waals surface area contributed by atoms with Gasteiger partial charge in [-0.3, -0.25) is 9.48 Å². The van der Waals surface area contributed by atoms with Crippen molar-refractivity contribution in [1.29, 1.82) is 0 Å². The van der Waals surface area contributed by atoms with Gasteiger partial charge in [-0.25, -0.2) is 0 Å². The molecule has 6 heteroatoms. The van der Waals surface area contributed by atoms with Gasteiger partial charge in [0, 0.05) is 38.9 Å². The summed E-state index contributed by atoms with van der Waals surface area (Å²) in [5, 5.41) is 4.30. The Balaban J connectivity index is 1.48. The first-order chi connectivity index (χ1) is 14.0. The van der Waals surface area contributed by atoms with Gasteiger partial charge in [-0.1, -0.05) is 12.1 Å². The Bertz CT molecular complexity index is 784. The summed E-state index contributed by atoms with van der Waals surface area (Å²) >= 11 is 0. The SMILES string of the molecule is COc1ccc(CCN2CCCC(CN(C)C(=O)c3cnn(C(C)C)c3)C2)cc1. The number of likely N-dealkylation sites (tertiary alicyclic amines) is 1. The van der Waals surface area contributed by atoms with Gasteiger partial charge in [-0.05, 0) is 63.3 Å². The molecule has 158 valence electrons. The van der Waals surface area contributed by atoms with E-state index in [0.717, 1.165) is 38.3 Å². The first kappa shape index (κ1) is 21.4. The normalized spacial score (nSPS) is 17.5. The lowest BCUT2D eigenvalue weighted by atomic mass is 9.97. The second-order valence-corrected chi connectivity index (χ2v) is 8.40. The molecule has 29 heavy (non-hydrogen) atoms. The first-order valence-corrected chi connectivity index (χ1v) is 10.6. The fraction of sp³-hybridized carbons (Fsp3) is 0.565. The van der Waals surface area contributed by atoms with Crippen LogP contribution in [0.4, 0.5) is 0 Å². The third-order valence-electron chi connectivity index (χ3n) is 5.74. The number of aromatic nitrogens is 2. The van der Waals surface area contributed by atoms with Crippen LogP contribution in [0.1, 0.15) is 48.7 Å². The summed E-state index contributed by atoms with van der Waals surface area (Å²) in [7, 11) is 3.60. The summed E-state index contributed by atoms with van der Waals surface area (Å²) in [5.41, 5.74) is 2.01. The molecule has 6 nitrogen and oxygen atoms in total. The Labute approximate surface area is 174 Å². The maximum Gasteiger partial charge on any atom is 0.256 e. The summed E-state index contributed by atoms with van der Waals surface area (Å²) < 4.78 is 7.07. The van der Waals surface area contributed by atoms with E-state index < -0.39 is 0 Å². The van der Waals surface area contributed by atoms with E-state index in [1.54, 1.807) is 13.3 Å². The molecular weight excluding hydrogens is 364 g/mol. The number of hydrogen-bond acceptors (Lipinski definition) is 4. The van der Waals surface area contributed by atoms with Gasteiger partial charge in [0.1, 0.15) is 5.75 Å². The Morgan fingerprint density at radius 3 is 2.72 bits per heavy atom. The van der Waals surface area contributed by atoms with Crippen LogP contribution in [0.3, 0.4) is 0 Å². The fourth-order valence-electron chi connectivity index (χ4n) is 4.00. The van der Waals surface area contributed by atoms with Crippen LogP contribution in [0.25, 0.3) is 0 Å². The average molecular weight is 399 g/mol. The zero-order valence-corrected chi connectivity index (χ0v) is 18.2. The van der Waals surface area contributed by atoms with Gasteiger partial charge in [0.25, 0.3) is 5.91 Å². The monoisotopic (exact) mass is 398 g/mol. The lowest BCUT2D eigenvalue weighted by Crippen LogP contribution is -2.42. The zero-order valence-electron chi connectivity index (χ0n) is 18.2. The quantitative estimate of drug-likeness (QED) is 0.683. The lowest BCUT2D eigenvalue weighted by Gasteiger charge is -2.34. The van der Waals surface area contributed by atoms with Crippen LogP contribution in [0.2, 0.25) is 0 Å². The van der Waals surface area contributed by atoms with Crippen molar-refractivity contribution in [3.63, 3.8) is 0 Å². The maximum absolute atomic E-state index is 12.7. The molecule has 0 N–H and O–H groups in total. The third-order valence-corrected chi connectivity index (χ3v) is 5.74. The predicted octanol–water partition coefficient (Wildman–Crippen LogP) is 3.50. The minimum absolute atomic E-state index is 0.0623. The maximum atomic E-state index is 12.7. The minimum atomic E-state index is 0.0623. The second kappa shape index (κ2) is 9.92. The molecule has 1 aromatic carbocycles. The number of rotatable bonds is 8. The van der Waals surface area contributed by atoms with E-state index in [4.69, 9.17) is 4.74 Å². The van der Waals surface area contributed by atoms with Crippen LogP contribution < -0.4 is 4.74 Å². The highest BCUT2D eigenvalue weighted by molar-refractivity contribution is 5.93. The average Bonchev–Trinajstić information content (AvgIpc) is 3.23. The van der Waals surface area contributed by atoms with Crippen molar-refractivity contribution >= 4 is 5.91 Å². The molecular formula is C23H34N4O2. The van der Waals surface area contributed by atoms with E-state index >= 15 is 0 Å². The molecule has 3 rings (SSSR count). The van der Waals surface area contributed by atoms with Gasteiger partial charge in [0.15, 0.2) is 0 Å². The zero-order chi connectivity index (χ0) is 20.8. The van der Waals surface area contributed by atoms with Crippen LogP contribution in [0.5, 0.6) is 5.75 Å². The van der Waals surface area contributed by atoms with Gasteiger partial charge < -0.3 is 14.5 Å².